The van der Waals surface area contributed by atoms with Gasteiger partial charge in [0, 0.05) is 12.6 Å². The van der Waals surface area contributed by atoms with Gasteiger partial charge in [0.2, 0.25) is 0 Å². The minimum atomic E-state index is 0.0591. The standard InChI is InChI=1S/C15H19N3O/c1-11(8-16-12-6-7-12)9-18-10-17-14-5-3-2-4-13(14)15(18)19/h2-5,10-12,16H,6-9H2,1H3. The Kier molecular flexibility index (Phi) is 3.34. The van der Waals surface area contributed by atoms with Crippen LogP contribution in [0.25, 0.3) is 10.9 Å². The van der Waals surface area contributed by atoms with E-state index in [0.717, 1.165) is 18.6 Å². The Balaban J connectivity index is 1.76. The van der Waals surface area contributed by atoms with E-state index in [9.17, 15) is 4.79 Å². The highest BCUT2D eigenvalue weighted by atomic mass is 16.1. The molecule has 1 N–H and O–H groups in total. The molecular weight excluding hydrogens is 238 g/mol. The lowest BCUT2D eigenvalue weighted by atomic mass is 10.1. The van der Waals surface area contributed by atoms with Crippen LogP contribution in [0.2, 0.25) is 0 Å². The maximum Gasteiger partial charge on any atom is 0.261 e. The molecule has 0 amide bonds. The average Bonchev–Trinajstić information content (AvgIpc) is 3.24. The number of fused-ring (bicyclic) bond motifs is 1. The van der Waals surface area contributed by atoms with E-state index in [1.807, 2.05) is 24.3 Å². The zero-order chi connectivity index (χ0) is 13.2. The van der Waals surface area contributed by atoms with Crippen molar-refractivity contribution < 1.29 is 0 Å². The van der Waals surface area contributed by atoms with Crippen molar-refractivity contribution in [2.24, 2.45) is 5.92 Å². The summed E-state index contributed by atoms with van der Waals surface area (Å²) in [4.78, 5) is 16.7. The van der Waals surface area contributed by atoms with Crippen LogP contribution >= 0.6 is 0 Å². The molecule has 4 nitrogen and oxygen atoms in total. The summed E-state index contributed by atoms with van der Waals surface area (Å²) in [7, 11) is 0. The molecule has 2 aromatic rings. The van der Waals surface area contributed by atoms with Crippen LogP contribution in [0.15, 0.2) is 35.4 Å². The van der Waals surface area contributed by atoms with E-state index in [1.165, 1.54) is 12.8 Å². The molecule has 1 aliphatic carbocycles. The van der Waals surface area contributed by atoms with Crippen LogP contribution in [0.1, 0.15) is 19.8 Å². The Morgan fingerprint density at radius 3 is 3.00 bits per heavy atom. The third kappa shape index (κ3) is 2.84. The number of rotatable bonds is 5. The minimum Gasteiger partial charge on any atom is -0.314 e. The van der Waals surface area contributed by atoms with Crippen molar-refractivity contribution in [1.82, 2.24) is 14.9 Å². The Bertz CT molecular complexity index is 631. The molecule has 0 radical (unpaired) electrons. The van der Waals surface area contributed by atoms with Crippen molar-refractivity contribution in [3.8, 4) is 0 Å². The first-order valence-electron chi connectivity index (χ1n) is 6.91. The van der Waals surface area contributed by atoms with Gasteiger partial charge in [-0.2, -0.15) is 0 Å². The molecule has 0 saturated heterocycles. The molecule has 1 atom stereocenters. The van der Waals surface area contributed by atoms with Crippen LogP contribution in [-0.2, 0) is 6.54 Å². The fourth-order valence-electron chi connectivity index (χ4n) is 2.29. The Morgan fingerprint density at radius 2 is 2.21 bits per heavy atom. The molecule has 1 heterocycles. The van der Waals surface area contributed by atoms with Crippen molar-refractivity contribution >= 4 is 10.9 Å². The SMILES string of the molecule is CC(CNC1CC1)Cn1cnc2ccccc2c1=O. The maximum absolute atomic E-state index is 12.3. The Morgan fingerprint density at radius 1 is 1.42 bits per heavy atom. The highest BCUT2D eigenvalue weighted by Gasteiger charge is 2.21. The molecule has 100 valence electrons. The number of nitrogens with zero attached hydrogens (tertiary/aromatic N) is 2. The first-order valence-corrected chi connectivity index (χ1v) is 6.91. The van der Waals surface area contributed by atoms with E-state index in [2.05, 4.69) is 17.2 Å². The molecular formula is C15H19N3O. The normalized spacial score (nSPS) is 16.7. The second kappa shape index (κ2) is 5.13. The number of para-hydroxylation sites is 1. The summed E-state index contributed by atoms with van der Waals surface area (Å²) in [6.45, 7) is 3.84. The monoisotopic (exact) mass is 257 g/mol. The summed E-state index contributed by atoms with van der Waals surface area (Å²) in [5.74, 6) is 0.432. The third-order valence-corrected chi connectivity index (χ3v) is 3.57. The quantitative estimate of drug-likeness (QED) is 0.888. The smallest absolute Gasteiger partial charge is 0.261 e. The Labute approximate surface area is 112 Å². The molecule has 1 aromatic heterocycles. The van der Waals surface area contributed by atoms with Crippen molar-refractivity contribution in [2.75, 3.05) is 6.54 Å². The zero-order valence-corrected chi connectivity index (χ0v) is 11.2. The maximum atomic E-state index is 12.3. The lowest BCUT2D eigenvalue weighted by Gasteiger charge is -2.14. The topological polar surface area (TPSA) is 46.9 Å². The Hall–Kier alpha value is -1.68. The highest BCUT2D eigenvalue weighted by molar-refractivity contribution is 5.76. The van der Waals surface area contributed by atoms with E-state index in [4.69, 9.17) is 0 Å². The van der Waals surface area contributed by atoms with Crippen LogP contribution in [-0.4, -0.2) is 22.1 Å². The fraction of sp³-hybridized carbons (Fsp3) is 0.467. The van der Waals surface area contributed by atoms with Crippen molar-refractivity contribution in [2.45, 2.75) is 32.4 Å². The minimum absolute atomic E-state index is 0.0591. The van der Waals surface area contributed by atoms with Gasteiger partial charge >= 0.3 is 0 Å². The van der Waals surface area contributed by atoms with Gasteiger partial charge in [-0.3, -0.25) is 9.36 Å². The summed E-state index contributed by atoms with van der Waals surface area (Å²) < 4.78 is 1.72. The predicted octanol–water partition coefficient (Wildman–Crippen LogP) is 1.78. The van der Waals surface area contributed by atoms with Gasteiger partial charge in [-0.25, -0.2) is 4.98 Å². The number of hydrogen-bond acceptors (Lipinski definition) is 3. The number of aromatic nitrogens is 2. The summed E-state index contributed by atoms with van der Waals surface area (Å²) in [6.07, 6.45) is 4.26. The lowest BCUT2D eigenvalue weighted by Crippen LogP contribution is -2.30. The molecule has 1 unspecified atom stereocenters. The zero-order valence-electron chi connectivity index (χ0n) is 11.2. The van der Waals surface area contributed by atoms with Gasteiger partial charge in [0.1, 0.15) is 0 Å². The molecule has 3 rings (SSSR count). The summed E-state index contributed by atoms with van der Waals surface area (Å²) in [5.41, 5.74) is 0.830. The van der Waals surface area contributed by atoms with Crippen LogP contribution in [0.3, 0.4) is 0 Å². The first-order chi connectivity index (χ1) is 9.24. The van der Waals surface area contributed by atoms with Gasteiger partial charge < -0.3 is 5.32 Å². The van der Waals surface area contributed by atoms with Gasteiger partial charge in [0.05, 0.1) is 17.2 Å². The van der Waals surface area contributed by atoms with Crippen molar-refractivity contribution in [3.05, 3.63) is 40.9 Å². The van der Waals surface area contributed by atoms with Crippen molar-refractivity contribution in [1.29, 1.82) is 0 Å². The van der Waals surface area contributed by atoms with Gasteiger partial charge in [-0.05, 0) is 37.4 Å². The second-order valence-electron chi connectivity index (χ2n) is 5.51. The molecule has 19 heavy (non-hydrogen) atoms. The van der Waals surface area contributed by atoms with E-state index in [-0.39, 0.29) is 5.56 Å². The van der Waals surface area contributed by atoms with E-state index in [0.29, 0.717) is 17.3 Å². The van der Waals surface area contributed by atoms with Crippen molar-refractivity contribution in [3.63, 3.8) is 0 Å². The molecule has 4 heteroatoms. The van der Waals surface area contributed by atoms with Gasteiger partial charge in [-0.15, -0.1) is 0 Å². The van der Waals surface area contributed by atoms with Gasteiger partial charge in [-0.1, -0.05) is 19.1 Å². The van der Waals surface area contributed by atoms with Crippen LogP contribution in [0.5, 0.6) is 0 Å². The number of hydrogen-bond donors (Lipinski definition) is 1. The molecule has 1 fully saturated rings. The predicted molar refractivity (Wildman–Crippen MR) is 76.2 cm³/mol. The summed E-state index contributed by atoms with van der Waals surface area (Å²) in [6, 6.07) is 8.22. The molecule has 0 bridgehead atoms. The first kappa shape index (κ1) is 12.4. The molecule has 1 saturated carbocycles. The van der Waals surface area contributed by atoms with Crippen LogP contribution < -0.4 is 10.9 Å². The molecule has 0 spiro atoms. The third-order valence-electron chi connectivity index (χ3n) is 3.57. The summed E-state index contributed by atoms with van der Waals surface area (Å²) >= 11 is 0. The van der Waals surface area contributed by atoms with Gasteiger partial charge in [0.15, 0.2) is 0 Å². The average molecular weight is 257 g/mol. The van der Waals surface area contributed by atoms with Gasteiger partial charge in [0.25, 0.3) is 5.56 Å². The highest BCUT2D eigenvalue weighted by Crippen LogP contribution is 2.18. The molecule has 0 aliphatic heterocycles. The van der Waals surface area contributed by atoms with E-state index >= 15 is 0 Å². The van der Waals surface area contributed by atoms with E-state index < -0.39 is 0 Å². The largest absolute Gasteiger partial charge is 0.314 e. The second-order valence-corrected chi connectivity index (χ2v) is 5.51. The number of nitrogens with one attached hydrogen (secondary N) is 1. The van der Waals surface area contributed by atoms with Crippen LogP contribution in [0, 0.1) is 5.92 Å². The molecule has 1 aliphatic rings. The number of benzene rings is 1. The summed E-state index contributed by atoms with van der Waals surface area (Å²) in [5, 5.41) is 4.20. The lowest BCUT2D eigenvalue weighted by molar-refractivity contribution is 0.436. The molecule has 1 aromatic carbocycles. The fourth-order valence-corrected chi connectivity index (χ4v) is 2.29. The van der Waals surface area contributed by atoms with Crippen LogP contribution in [0.4, 0.5) is 0 Å². The van der Waals surface area contributed by atoms with E-state index in [1.54, 1.807) is 10.9 Å².